The second-order valence-electron chi connectivity index (χ2n) is 9.21. The highest BCUT2D eigenvalue weighted by Crippen LogP contribution is 2.49. The first-order valence-corrected chi connectivity index (χ1v) is 12.0. The van der Waals surface area contributed by atoms with Crippen molar-refractivity contribution in [3.63, 3.8) is 0 Å². The minimum Gasteiger partial charge on any atom is -0.308 e. The monoisotopic (exact) mass is 444 g/mol. The Balaban J connectivity index is 1.38. The third kappa shape index (κ3) is 2.51. The number of nitrogens with zero attached hydrogens (tertiary/aromatic N) is 2. The zero-order valence-electron chi connectivity index (χ0n) is 18.9. The second-order valence-corrected chi connectivity index (χ2v) is 9.21. The lowest BCUT2D eigenvalue weighted by atomic mass is 9.94. The van der Waals surface area contributed by atoms with E-state index >= 15 is 0 Å². The summed E-state index contributed by atoms with van der Waals surface area (Å²) in [6.45, 7) is 0. The Labute approximate surface area is 202 Å². The molecule has 0 radical (unpaired) electrons. The number of benzene rings is 5. The standard InChI is InChI=1S/C33H20N2/c1-2-11-25-24(10-1)27-14-6-13-26-23(17-18-28(25)32(26)27)21-8-5-9-22(20-21)35-30-15-4-3-12-29(30)33-31(35)16-7-19-34-33/h1-20H. The van der Waals surface area contributed by atoms with E-state index in [-0.39, 0.29) is 0 Å². The first-order valence-electron chi connectivity index (χ1n) is 12.0. The molecule has 0 saturated heterocycles. The van der Waals surface area contributed by atoms with Crippen molar-refractivity contribution in [3.8, 4) is 39.1 Å². The molecule has 1 aliphatic carbocycles. The molecule has 0 aliphatic heterocycles. The van der Waals surface area contributed by atoms with E-state index in [9.17, 15) is 0 Å². The van der Waals surface area contributed by atoms with Crippen LogP contribution in [0.25, 0.3) is 71.8 Å². The van der Waals surface area contributed by atoms with E-state index in [0.29, 0.717) is 0 Å². The number of pyridine rings is 1. The fourth-order valence-corrected chi connectivity index (χ4v) is 5.93. The lowest BCUT2D eigenvalue weighted by Crippen LogP contribution is -1.94. The average molecular weight is 445 g/mol. The molecule has 0 unspecified atom stereocenters. The normalized spacial score (nSPS) is 12.0. The van der Waals surface area contributed by atoms with Gasteiger partial charge in [-0.05, 0) is 74.5 Å². The number of rotatable bonds is 2. The zero-order valence-corrected chi connectivity index (χ0v) is 18.9. The highest BCUT2D eigenvalue weighted by molar-refractivity contribution is 6.18. The molecule has 0 amide bonds. The smallest absolute Gasteiger partial charge is 0.0963 e. The highest BCUT2D eigenvalue weighted by Gasteiger charge is 2.22. The van der Waals surface area contributed by atoms with Gasteiger partial charge >= 0.3 is 0 Å². The molecule has 35 heavy (non-hydrogen) atoms. The van der Waals surface area contributed by atoms with Crippen molar-refractivity contribution in [2.45, 2.75) is 0 Å². The molecule has 0 N–H and O–H groups in total. The summed E-state index contributed by atoms with van der Waals surface area (Å²) in [6.07, 6.45) is 1.88. The molecule has 5 aromatic carbocycles. The Kier molecular flexibility index (Phi) is 3.69. The van der Waals surface area contributed by atoms with Crippen LogP contribution in [0.15, 0.2) is 121 Å². The highest BCUT2D eigenvalue weighted by atomic mass is 15.0. The lowest BCUT2D eigenvalue weighted by Gasteiger charge is -2.13. The molecule has 1 aliphatic rings. The van der Waals surface area contributed by atoms with Gasteiger partial charge in [0.1, 0.15) is 0 Å². The first-order chi connectivity index (χ1) is 17.4. The van der Waals surface area contributed by atoms with Gasteiger partial charge in [0.25, 0.3) is 0 Å². The van der Waals surface area contributed by atoms with Gasteiger partial charge in [-0.1, -0.05) is 84.9 Å². The lowest BCUT2D eigenvalue weighted by molar-refractivity contribution is 1.18. The van der Waals surface area contributed by atoms with Gasteiger partial charge in [0.2, 0.25) is 0 Å². The predicted octanol–water partition coefficient (Wildman–Crippen LogP) is 8.65. The maximum Gasteiger partial charge on any atom is 0.0963 e. The van der Waals surface area contributed by atoms with E-state index in [2.05, 4.69) is 114 Å². The summed E-state index contributed by atoms with van der Waals surface area (Å²) in [7, 11) is 0. The van der Waals surface area contributed by atoms with Crippen LogP contribution in [-0.4, -0.2) is 9.55 Å². The first kappa shape index (κ1) is 18.7. The largest absolute Gasteiger partial charge is 0.308 e. The van der Waals surface area contributed by atoms with E-state index in [0.717, 1.165) is 16.7 Å². The Morgan fingerprint density at radius 3 is 2.09 bits per heavy atom. The van der Waals surface area contributed by atoms with Crippen molar-refractivity contribution < 1.29 is 0 Å². The van der Waals surface area contributed by atoms with Crippen molar-refractivity contribution in [2.24, 2.45) is 0 Å². The van der Waals surface area contributed by atoms with Crippen LogP contribution >= 0.6 is 0 Å². The summed E-state index contributed by atoms with van der Waals surface area (Å²) >= 11 is 0. The van der Waals surface area contributed by atoms with Gasteiger partial charge in [-0.3, -0.25) is 4.98 Å². The van der Waals surface area contributed by atoms with Crippen LogP contribution < -0.4 is 0 Å². The molecule has 2 heterocycles. The van der Waals surface area contributed by atoms with Gasteiger partial charge in [-0.2, -0.15) is 0 Å². The van der Waals surface area contributed by atoms with Gasteiger partial charge in [0.05, 0.1) is 16.6 Å². The Bertz CT molecular complexity index is 1880. The molecule has 0 saturated carbocycles. The topological polar surface area (TPSA) is 17.8 Å². The average Bonchev–Trinajstić information content (AvgIpc) is 3.44. The maximum absolute atomic E-state index is 4.70. The van der Waals surface area contributed by atoms with E-state index in [1.54, 1.807) is 0 Å². The van der Waals surface area contributed by atoms with Gasteiger partial charge in [-0.15, -0.1) is 0 Å². The number of aromatic nitrogens is 2. The van der Waals surface area contributed by atoms with Crippen molar-refractivity contribution in [3.05, 3.63) is 121 Å². The Morgan fingerprint density at radius 1 is 0.486 bits per heavy atom. The molecule has 2 aromatic heterocycles. The van der Waals surface area contributed by atoms with Gasteiger partial charge in [0.15, 0.2) is 0 Å². The summed E-state index contributed by atoms with van der Waals surface area (Å²) in [4.78, 5) is 4.70. The molecule has 8 rings (SSSR count). The SMILES string of the molecule is c1cc(-c2ccc3c4c(cccc24)-c2ccccc2-3)cc(-n2c3ccccc3c3ncccc32)c1. The third-order valence-electron chi connectivity index (χ3n) is 7.39. The minimum absolute atomic E-state index is 1.04. The fraction of sp³-hybridized carbons (Fsp3) is 0. The summed E-state index contributed by atoms with van der Waals surface area (Å²) in [5, 5.41) is 3.84. The van der Waals surface area contributed by atoms with Crippen molar-refractivity contribution >= 4 is 32.7 Å². The molecule has 0 spiro atoms. The molecule has 2 heteroatoms. The van der Waals surface area contributed by atoms with E-state index in [1.807, 2.05) is 12.3 Å². The minimum atomic E-state index is 1.04. The van der Waals surface area contributed by atoms with E-state index in [1.165, 1.54) is 55.1 Å². The third-order valence-corrected chi connectivity index (χ3v) is 7.39. The maximum atomic E-state index is 4.70. The molecule has 0 fully saturated rings. The Morgan fingerprint density at radius 2 is 1.17 bits per heavy atom. The zero-order chi connectivity index (χ0) is 22.9. The quantitative estimate of drug-likeness (QED) is 0.261. The number of para-hydroxylation sites is 1. The van der Waals surface area contributed by atoms with E-state index in [4.69, 9.17) is 4.98 Å². The second kappa shape index (κ2) is 6.91. The molecule has 162 valence electrons. The van der Waals surface area contributed by atoms with Crippen molar-refractivity contribution in [1.82, 2.24) is 9.55 Å². The molecule has 7 aromatic rings. The molecule has 0 bridgehead atoms. The molecular formula is C33H20N2. The van der Waals surface area contributed by atoms with Crippen LogP contribution in [0.5, 0.6) is 0 Å². The Hall–Kier alpha value is -4.69. The fourth-order valence-electron chi connectivity index (χ4n) is 5.93. The number of fused-ring (bicyclic) bond motifs is 6. The van der Waals surface area contributed by atoms with Gasteiger partial charge < -0.3 is 4.57 Å². The van der Waals surface area contributed by atoms with Crippen LogP contribution in [0.3, 0.4) is 0 Å². The summed E-state index contributed by atoms with van der Waals surface area (Å²) in [5.41, 5.74) is 12.3. The molecule has 2 nitrogen and oxygen atoms in total. The van der Waals surface area contributed by atoms with Crippen LogP contribution in [0.1, 0.15) is 0 Å². The van der Waals surface area contributed by atoms with Gasteiger partial charge in [-0.25, -0.2) is 0 Å². The van der Waals surface area contributed by atoms with Gasteiger partial charge in [0, 0.05) is 17.3 Å². The van der Waals surface area contributed by atoms with Crippen molar-refractivity contribution in [1.29, 1.82) is 0 Å². The van der Waals surface area contributed by atoms with Crippen LogP contribution in [0.2, 0.25) is 0 Å². The number of hydrogen-bond acceptors (Lipinski definition) is 1. The summed E-state index contributed by atoms with van der Waals surface area (Å²) in [6, 6.07) is 41.6. The predicted molar refractivity (Wildman–Crippen MR) is 146 cm³/mol. The van der Waals surface area contributed by atoms with Crippen LogP contribution in [0.4, 0.5) is 0 Å². The number of hydrogen-bond donors (Lipinski definition) is 0. The van der Waals surface area contributed by atoms with Crippen LogP contribution in [-0.2, 0) is 0 Å². The summed E-state index contributed by atoms with van der Waals surface area (Å²) in [5.74, 6) is 0. The van der Waals surface area contributed by atoms with Crippen LogP contribution in [0, 0.1) is 0 Å². The van der Waals surface area contributed by atoms with Crippen molar-refractivity contribution in [2.75, 3.05) is 0 Å². The van der Waals surface area contributed by atoms with E-state index < -0.39 is 0 Å². The molecular weight excluding hydrogens is 424 g/mol. The summed E-state index contributed by atoms with van der Waals surface area (Å²) < 4.78 is 2.33. The molecule has 0 atom stereocenters.